The lowest BCUT2D eigenvalue weighted by molar-refractivity contribution is 0.429. The molecule has 2 aromatic rings. The van der Waals surface area contributed by atoms with Gasteiger partial charge in [-0.05, 0) is 12.1 Å². The van der Waals surface area contributed by atoms with Gasteiger partial charge in [0.15, 0.2) is 6.33 Å². The summed E-state index contributed by atoms with van der Waals surface area (Å²) in [7, 11) is 0. The molecule has 4 heteroatoms. The first kappa shape index (κ1) is 5.22. The van der Waals surface area contributed by atoms with Crippen LogP contribution >= 0.6 is 0 Å². The third-order valence-electron chi connectivity index (χ3n) is 1.19. The van der Waals surface area contributed by atoms with E-state index in [4.69, 9.17) is 4.52 Å². The lowest BCUT2D eigenvalue weighted by Crippen LogP contribution is -1.73. The topological polar surface area (TPSA) is 54.7 Å². The highest BCUT2D eigenvalue weighted by molar-refractivity contribution is 5.45. The number of hydrogen-bond acceptors (Lipinski definition) is 3. The molecule has 0 atom stereocenters. The lowest BCUT2D eigenvalue weighted by Gasteiger charge is -1.82. The fourth-order valence-corrected chi connectivity index (χ4v) is 0.755. The number of aromatic amines is 1. The SMILES string of the molecule is c1c[nH]c(-c2ncno2)c1. The van der Waals surface area contributed by atoms with Crippen molar-refractivity contribution in [3.8, 4) is 11.6 Å². The van der Waals surface area contributed by atoms with E-state index in [1.165, 1.54) is 6.33 Å². The van der Waals surface area contributed by atoms with Crippen molar-refractivity contribution in [1.82, 2.24) is 15.1 Å². The molecule has 1 N–H and O–H groups in total. The maximum Gasteiger partial charge on any atom is 0.274 e. The van der Waals surface area contributed by atoms with Gasteiger partial charge in [0.1, 0.15) is 5.69 Å². The first-order valence-corrected chi connectivity index (χ1v) is 2.87. The predicted octanol–water partition coefficient (Wildman–Crippen LogP) is 1.06. The fourth-order valence-electron chi connectivity index (χ4n) is 0.755. The summed E-state index contributed by atoms with van der Waals surface area (Å²) in [6, 6.07) is 3.74. The van der Waals surface area contributed by atoms with E-state index in [0.717, 1.165) is 5.69 Å². The van der Waals surface area contributed by atoms with Crippen molar-refractivity contribution in [3.63, 3.8) is 0 Å². The molecule has 0 saturated heterocycles. The van der Waals surface area contributed by atoms with Crippen molar-refractivity contribution in [2.45, 2.75) is 0 Å². The molecule has 4 nitrogen and oxygen atoms in total. The quantitative estimate of drug-likeness (QED) is 0.636. The molecule has 0 unspecified atom stereocenters. The Morgan fingerprint density at radius 3 is 3.10 bits per heavy atom. The molecule has 0 saturated carbocycles. The second-order valence-electron chi connectivity index (χ2n) is 1.83. The standard InChI is InChI=1S/C6H5N3O/c1-2-5(7-3-1)6-8-4-9-10-6/h1-4,7H. The molecule has 0 aromatic carbocycles. The molecular weight excluding hydrogens is 130 g/mol. The average molecular weight is 135 g/mol. The number of H-pyrrole nitrogens is 1. The zero-order valence-corrected chi connectivity index (χ0v) is 5.11. The number of nitrogens with one attached hydrogen (secondary N) is 1. The number of nitrogens with zero attached hydrogens (tertiary/aromatic N) is 2. The molecule has 0 radical (unpaired) electrons. The van der Waals surface area contributed by atoms with Gasteiger partial charge in [0.25, 0.3) is 5.89 Å². The van der Waals surface area contributed by atoms with Crippen LogP contribution in [0.2, 0.25) is 0 Å². The second-order valence-corrected chi connectivity index (χ2v) is 1.83. The van der Waals surface area contributed by atoms with Crippen LogP contribution in [0.3, 0.4) is 0 Å². The summed E-state index contributed by atoms with van der Waals surface area (Å²) in [4.78, 5) is 6.79. The zero-order valence-electron chi connectivity index (χ0n) is 5.11. The van der Waals surface area contributed by atoms with Crippen LogP contribution in [0.25, 0.3) is 11.6 Å². The molecule has 0 fully saturated rings. The van der Waals surface area contributed by atoms with Crippen molar-refractivity contribution in [3.05, 3.63) is 24.7 Å². The Kier molecular flexibility index (Phi) is 1.04. The van der Waals surface area contributed by atoms with Crippen molar-refractivity contribution < 1.29 is 4.52 Å². The molecule has 0 aliphatic rings. The van der Waals surface area contributed by atoms with Gasteiger partial charge in [0.05, 0.1) is 0 Å². The number of hydrogen-bond donors (Lipinski definition) is 1. The van der Waals surface area contributed by atoms with E-state index in [0.29, 0.717) is 5.89 Å². The molecule has 2 heterocycles. The molecular formula is C6H5N3O. The Morgan fingerprint density at radius 1 is 1.50 bits per heavy atom. The largest absolute Gasteiger partial charge is 0.357 e. The molecule has 0 aliphatic carbocycles. The Labute approximate surface area is 56.9 Å². The molecule has 2 rings (SSSR count). The molecule has 50 valence electrons. The minimum atomic E-state index is 0.519. The van der Waals surface area contributed by atoms with Crippen LogP contribution in [-0.4, -0.2) is 15.1 Å². The highest BCUT2D eigenvalue weighted by Gasteiger charge is 2.01. The van der Waals surface area contributed by atoms with Crippen LogP contribution in [0.1, 0.15) is 0 Å². The third-order valence-corrected chi connectivity index (χ3v) is 1.19. The summed E-state index contributed by atoms with van der Waals surface area (Å²) in [5.41, 5.74) is 0.845. The van der Waals surface area contributed by atoms with Gasteiger partial charge in [-0.2, -0.15) is 4.98 Å². The molecule has 0 bridgehead atoms. The van der Waals surface area contributed by atoms with E-state index in [1.807, 2.05) is 12.1 Å². The summed E-state index contributed by atoms with van der Waals surface area (Å²) in [5, 5.41) is 3.47. The maximum absolute atomic E-state index is 4.79. The number of aromatic nitrogens is 3. The van der Waals surface area contributed by atoms with Crippen molar-refractivity contribution >= 4 is 0 Å². The Balaban J connectivity index is 2.48. The summed E-state index contributed by atoms with van der Waals surface area (Å²) >= 11 is 0. The van der Waals surface area contributed by atoms with E-state index in [9.17, 15) is 0 Å². The van der Waals surface area contributed by atoms with Crippen molar-refractivity contribution in [2.75, 3.05) is 0 Å². The van der Waals surface area contributed by atoms with Crippen molar-refractivity contribution in [1.29, 1.82) is 0 Å². The van der Waals surface area contributed by atoms with Gasteiger partial charge in [-0.3, -0.25) is 0 Å². The van der Waals surface area contributed by atoms with Crippen LogP contribution in [0.5, 0.6) is 0 Å². The summed E-state index contributed by atoms with van der Waals surface area (Å²) < 4.78 is 4.79. The van der Waals surface area contributed by atoms with Crippen LogP contribution in [0.15, 0.2) is 29.2 Å². The summed E-state index contributed by atoms with van der Waals surface area (Å²) in [6.07, 6.45) is 3.18. The molecule has 2 aromatic heterocycles. The van der Waals surface area contributed by atoms with Gasteiger partial charge in [-0.1, -0.05) is 5.16 Å². The summed E-state index contributed by atoms with van der Waals surface area (Å²) in [5.74, 6) is 0.519. The van der Waals surface area contributed by atoms with Gasteiger partial charge in [-0.15, -0.1) is 0 Å². The Hall–Kier alpha value is -1.58. The van der Waals surface area contributed by atoms with E-state index in [1.54, 1.807) is 6.20 Å². The normalized spacial score (nSPS) is 10.0. The van der Waals surface area contributed by atoms with E-state index in [-0.39, 0.29) is 0 Å². The zero-order chi connectivity index (χ0) is 6.81. The van der Waals surface area contributed by atoms with E-state index >= 15 is 0 Å². The highest BCUT2D eigenvalue weighted by Crippen LogP contribution is 2.10. The first-order chi connectivity index (χ1) is 4.97. The smallest absolute Gasteiger partial charge is 0.274 e. The molecule has 0 aliphatic heterocycles. The lowest BCUT2D eigenvalue weighted by atomic mass is 10.4. The summed E-state index contributed by atoms with van der Waals surface area (Å²) in [6.45, 7) is 0. The maximum atomic E-state index is 4.79. The Bertz CT molecular complexity index is 252. The minimum absolute atomic E-state index is 0.519. The Morgan fingerprint density at radius 2 is 2.50 bits per heavy atom. The van der Waals surface area contributed by atoms with Crippen molar-refractivity contribution in [2.24, 2.45) is 0 Å². The van der Waals surface area contributed by atoms with Gasteiger partial charge >= 0.3 is 0 Å². The first-order valence-electron chi connectivity index (χ1n) is 2.87. The van der Waals surface area contributed by atoms with E-state index < -0.39 is 0 Å². The van der Waals surface area contributed by atoms with Gasteiger partial charge < -0.3 is 9.51 Å². The van der Waals surface area contributed by atoms with Gasteiger partial charge in [0.2, 0.25) is 0 Å². The monoisotopic (exact) mass is 135 g/mol. The van der Waals surface area contributed by atoms with Gasteiger partial charge in [0, 0.05) is 6.20 Å². The molecule has 10 heavy (non-hydrogen) atoms. The minimum Gasteiger partial charge on any atom is -0.357 e. The highest BCUT2D eigenvalue weighted by atomic mass is 16.5. The van der Waals surface area contributed by atoms with Crippen LogP contribution in [-0.2, 0) is 0 Å². The second kappa shape index (κ2) is 1.98. The number of rotatable bonds is 1. The predicted molar refractivity (Wildman–Crippen MR) is 34.1 cm³/mol. The molecule has 0 spiro atoms. The third kappa shape index (κ3) is 0.699. The van der Waals surface area contributed by atoms with Crippen LogP contribution in [0, 0.1) is 0 Å². The van der Waals surface area contributed by atoms with Crippen LogP contribution in [0.4, 0.5) is 0 Å². The van der Waals surface area contributed by atoms with E-state index in [2.05, 4.69) is 15.1 Å². The van der Waals surface area contributed by atoms with Crippen LogP contribution < -0.4 is 0 Å². The fraction of sp³-hybridized carbons (Fsp3) is 0. The molecule has 0 amide bonds. The average Bonchev–Trinajstić information content (AvgIpc) is 2.59. The van der Waals surface area contributed by atoms with Gasteiger partial charge in [-0.25, -0.2) is 0 Å².